The molecule has 0 radical (unpaired) electrons. The molecule has 0 aliphatic heterocycles. The number of fused-ring (bicyclic) bond motifs is 1. The van der Waals surface area contributed by atoms with Crippen LogP contribution in [0.3, 0.4) is 0 Å². The summed E-state index contributed by atoms with van der Waals surface area (Å²) in [4.78, 5) is 15.7. The Labute approximate surface area is 105 Å². The standard InChI is InChI=1S/C11H7N3OS2/c15-11(9-5-16-6-12-9)14-8-1-2-10-7(3-8)4-13-17-10/h1-6H,(H,14,15). The summed E-state index contributed by atoms with van der Waals surface area (Å²) in [6.07, 6.45) is 1.79. The number of anilines is 1. The predicted octanol–water partition coefficient (Wildman–Crippen LogP) is 3.01. The zero-order valence-corrected chi connectivity index (χ0v) is 10.2. The molecule has 0 bridgehead atoms. The van der Waals surface area contributed by atoms with Crippen molar-refractivity contribution in [3.63, 3.8) is 0 Å². The minimum Gasteiger partial charge on any atom is -0.321 e. The van der Waals surface area contributed by atoms with Crippen LogP contribution in [0.1, 0.15) is 10.5 Å². The van der Waals surface area contributed by atoms with Gasteiger partial charge in [-0.15, -0.1) is 11.3 Å². The lowest BCUT2D eigenvalue weighted by molar-refractivity contribution is 0.102. The van der Waals surface area contributed by atoms with Crippen LogP contribution in [0.4, 0.5) is 5.69 Å². The van der Waals surface area contributed by atoms with Gasteiger partial charge in [-0.1, -0.05) is 0 Å². The number of nitrogens with one attached hydrogen (secondary N) is 1. The second kappa shape index (κ2) is 4.23. The van der Waals surface area contributed by atoms with Crippen molar-refractivity contribution in [3.8, 4) is 0 Å². The molecule has 1 amide bonds. The van der Waals surface area contributed by atoms with Gasteiger partial charge in [-0.2, -0.15) is 4.37 Å². The second-order valence-electron chi connectivity index (χ2n) is 3.41. The van der Waals surface area contributed by atoms with Crippen molar-refractivity contribution < 1.29 is 4.79 Å². The van der Waals surface area contributed by atoms with E-state index in [0.29, 0.717) is 5.69 Å². The molecule has 0 saturated carbocycles. The van der Waals surface area contributed by atoms with Gasteiger partial charge in [0.1, 0.15) is 5.69 Å². The number of benzene rings is 1. The molecule has 2 heterocycles. The summed E-state index contributed by atoms with van der Waals surface area (Å²) in [7, 11) is 0. The number of aromatic nitrogens is 2. The lowest BCUT2D eigenvalue weighted by Crippen LogP contribution is -2.11. The van der Waals surface area contributed by atoms with Gasteiger partial charge in [-0.05, 0) is 29.7 Å². The van der Waals surface area contributed by atoms with Crippen molar-refractivity contribution in [1.29, 1.82) is 0 Å². The molecule has 2 aromatic heterocycles. The number of amides is 1. The number of hydrogen-bond donors (Lipinski definition) is 1. The van der Waals surface area contributed by atoms with Crippen molar-refractivity contribution >= 4 is 44.5 Å². The molecule has 3 aromatic rings. The fraction of sp³-hybridized carbons (Fsp3) is 0. The number of carbonyl (C=O) groups is 1. The van der Waals surface area contributed by atoms with E-state index in [0.717, 1.165) is 15.8 Å². The van der Waals surface area contributed by atoms with E-state index in [1.807, 2.05) is 18.2 Å². The van der Waals surface area contributed by atoms with Crippen molar-refractivity contribution in [1.82, 2.24) is 9.36 Å². The van der Waals surface area contributed by atoms with Gasteiger partial charge in [-0.3, -0.25) is 4.79 Å². The lowest BCUT2D eigenvalue weighted by atomic mass is 10.2. The van der Waals surface area contributed by atoms with Crippen LogP contribution in [0.25, 0.3) is 10.1 Å². The quantitative estimate of drug-likeness (QED) is 0.771. The summed E-state index contributed by atoms with van der Waals surface area (Å²) < 4.78 is 5.20. The van der Waals surface area contributed by atoms with E-state index in [1.165, 1.54) is 22.9 Å². The average molecular weight is 261 g/mol. The first-order chi connectivity index (χ1) is 8.33. The molecular formula is C11H7N3OS2. The summed E-state index contributed by atoms with van der Waals surface area (Å²) in [5.74, 6) is -0.186. The monoisotopic (exact) mass is 261 g/mol. The highest BCUT2D eigenvalue weighted by atomic mass is 32.1. The van der Waals surface area contributed by atoms with Crippen LogP contribution in [0.5, 0.6) is 0 Å². The number of nitrogens with zero attached hydrogens (tertiary/aromatic N) is 2. The second-order valence-corrected chi connectivity index (χ2v) is 4.96. The Bertz CT molecular complexity index is 660. The Morgan fingerprint density at radius 3 is 3.12 bits per heavy atom. The fourth-order valence-corrected chi connectivity index (χ4v) is 2.63. The molecule has 1 aromatic carbocycles. The molecule has 3 rings (SSSR count). The summed E-state index contributed by atoms with van der Waals surface area (Å²) in [6, 6.07) is 5.72. The average Bonchev–Trinajstić information content (AvgIpc) is 2.99. The smallest absolute Gasteiger partial charge is 0.275 e. The first-order valence-electron chi connectivity index (χ1n) is 4.87. The number of carbonyl (C=O) groups excluding carboxylic acids is 1. The van der Waals surface area contributed by atoms with Gasteiger partial charge in [0.2, 0.25) is 0 Å². The third kappa shape index (κ3) is 2.04. The highest BCUT2D eigenvalue weighted by molar-refractivity contribution is 7.13. The Morgan fingerprint density at radius 2 is 2.29 bits per heavy atom. The molecule has 0 spiro atoms. The SMILES string of the molecule is O=C(Nc1ccc2sncc2c1)c1cscn1. The zero-order valence-electron chi connectivity index (χ0n) is 8.58. The number of rotatable bonds is 2. The normalized spacial score (nSPS) is 10.6. The third-order valence-corrected chi connectivity index (χ3v) is 3.64. The van der Waals surface area contributed by atoms with E-state index in [4.69, 9.17) is 0 Å². The molecule has 4 nitrogen and oxygen atoms in total. The maximum atomic E-state index is 11.8. The maximum absolute atomic E-state index is 11.8. The summed E-state index contributed by atoms with van der Waals surface area (Å²) in [6.45, 7) is 0. The van der Waals surface area contributed by atoms with Crippen molar-refractivity contribution in [2.45, 2.75) is 0 Å². The Kier molecular flexibility index (Phi) is 2.58. The minimum absolute atomic E-state index is 0.186. The van der Waals surface area contributed by atoms with Gasteiger partial charge in [0, 0.05) is 22.7 Å². The summed E-state index contributed by atoms with van der Waals surface area (Å²) >= 11 is 2.84. The molecule has 0 aliphatic rings. The predicted molar refractivity (Wildman–Crippen MR) is 69.7 cm³/mol. The van der Waals surface area contributed by atoms with E-state index in [1.54, 1.807) is 17.1 Å². The molecule has 84 valence electrons. The van der Waals surface area contributed by atoms with E-state index in [-0.39, 0.29) is 5.91 Å². The van der Waals surface area contributed by atoms with Gasteiger partial charge in [0.15, 0.2) is 0 Å². The lowest BCUT2D eigenvalue weighted by Gasteiger charge is -2.02. The van der Waals surface area contributed by atoms with E-state index in [2.05, 4.69) is 14.7 Å². The Hall–Kier alpha value is -1.79. The van der Waals surface area contributed by atoms with Crippen molar-refractivity contribution in [2.24, 2.45) is 0 Å². The van der Waals surface area contributed by atoms with Crippen LogP contribution in [0.15, 0.2) is 35.3 Å². The van der Waals surface area contributed by atoms with Crippen LogP contribution in [-0.2, 0) is 0 Å². The van der Waals surface area contributed by atoms with Gasteiger partial charge in [0.25, 0.3) is 5.91 Å². The van der Waals surface area contributed by atoms with Crippen molar-refractivity contribution in [3.05, 3.63) is 41.0 Å². The van der Waals surface area contributed by atoms with Crippen LogP contribution < -0.4 is 5.32 Å². The molecule has 0 fully saturated rings. The molecule has 0 atom stereocenters. The van der Waals surface area contributed by atoms with E-state index < -0.39 is 0 Å². The van der Waals surface area contributed by atoms with Gasteiger partial charge < -0.3 is 5.32 Å². The topological polar surface area (TPSA) is 54.9 Å². The first kappa shape index (κ1) is 10.4. The summed E-state index contributed by atoms with van der Waals surface area (Å²) in [5.41, 5.74) is 2.84. The zero-order chi connectivity index (χ0) is 11.7. The van der Waals surface area contributed by atoms with Crippen LogP contribution >= 0.6 is 22.9 Å². The number of thiazole rings is 1. The minimum atomic E-state index is -0.186. The summed E-state index contributed by atoms with van der Waals surface area (Å²) in [5, 5.41) is 5.56. The first-order valence-corrected chi connectivity index (χ1v) is 6.58. The maximum Gasteiger partial charge on any atom is 0.275 e. The Morgan fingerprint density at radius 1 is 1.35 bits per heavy atom. The molecule has 1 N–H and O–H groups in total. The van der Waals surface area contributed by atoms with Crippen LogP contribution in [0.2, 0.25) is 0 Å². The highest BCUT2D eigenvalue weighted by Gasteiger charge is 2.08. The molecule has 0 aliphatic carbocycles. The van der Waals surface area contributed by atoms with Crippen LogP contribution in [0, 0.1) is 0 Å². The number of hydrogen-bond acceptors (Lipinski definition) is 5. The van der Waals surface area contributed by atoms with E-state index in [9.17, 15) is 4.79 Å². The fourth-order valence-electron chi connectivity index (χ4n) is 1.47. The van der Waals surface area contributed by atoms with Crippen molar-refractivity contribution in [2.75, 3.05) is 5.32 Å². The molecule has 0 unspecified atom stereocenters. The van der Waals surface area contributed by atoms with Gasteiger partial charge in [0.05, 0.1) is 10.2 Å². The highest BCUT2D eigenvalue weighted by Crippen LogP contribution is 2.22. The molecule has 0 saturated heterocycles. The molecule has 6 heteroatoms. The largest absolute Gasteiger partial charge is 0.321 e. The van der Waals surface area contributed by atoms with Gasteiger partial charge in [-0.25, -0.2) is 4.98 Å². The third-order valence-electron chi connectivity index (χ3n) is 2.28. The van der Waals surface area contributed by atoms with Crippen LogP contribution in [-0.4, -0.2) is 15.3 Å². The molecular weight excluding hydrogens is 254 g/mol. The van der Waals surface area contributed by atoms with Gasteiger partial charge >= 0.3 is 0 Å². The Balaban J connectivity index is 1.87. The van der Waals surface area contributed by atoms with E-state index >= 15 is 0 Å². The molecule has 17 heavy (non-hydrogen) atoms.